The van der Waals surface area contributed by atoms with E-state index in [1.165, 1.54) is 0 Å². The first-order valence-electron chi connectivity index (χ1n) is 8.05. The van der Waals surface area contributed by atoms with Crippen LogP contribution < -0.4 is 10.6 Å². The molecule has 1 unspecified atom stereocenters. The van der Waals surface area contributed by atoms with E-state index in [1.807, 2.05) is 30.3 Å². The summed E-state index contributed by atoms with van der Waals surface area (Å²) < 4.78 is 5.63. The molecular formula is C17H18N6O. The van der Waals surface area contributed by atoms with E-state index in [0.717, 1.165) is 25.1 Å². The van der Waals surface area contributed by atoms with Gasteiger partial charge in [-0.2, -0.15) is 9.97 Å². The van der Waals surface area contributed by atoms with E-state index in [2.05, 4.69) is 30.6 Å². The van der Waals surface area contributed by atoms with Crippen LogP contribution in [-0.2, 0) is 4.74 Å². The van der Waals surface area contributed by atoms with Crippen molar-refractivity contribution >= 4 is 28.6 Å². The Morgan fingerprint density at radius 3 is 2.79 bits per heavy atom. The highest BCUT2D eigenvalue weighted by atomic mass is 16.5. The zero-order valence-electron chi connectivity index (χ0n) is 13.1. The molecule has 1 aromatic carbocycles. The quantitative estimate of drug-likeness (QED) is 0.747. The zero-order valence-corrected chi connectivity index (χ0v) is 13.1. The summed E-state index contributed by atoms with van der Waals surface area (Å²) in [6.07, 6.45) is 5.66. The number of fused-ring (bicyclic) bond motifs is 1. The maximum Gasteiger partial charge on any atom is 0.226 e. The lowest BCUT2D eigenvalue weighted by atomic mass is 10.2. The first-order valence-corrected chi connectivity index (χ1v) is 8.05. The van der Waals surface area contributed by atoms with Gasteiger partial charge in [-0.25, -0.2) is 9.97 Å². The van der Waals surface area contributed by atoms with Crippen LogP contribution in [-0.4, -0.2) is 39.2 Å². The molecular weight excluding hydrogens is 304 g/mol. The lowest BCUT2D eigenvalue weighted by Gasteiger charge is -2.13. The molecule has 0 amide bonds. The minimum Gasteiger partial charge on any atom is -0.376 e. The lowest BCUT2D eigenvalue weighted by Crippen LogP contribution is -2.20. The second-order valence-corrected chi connectivity index (χ2v) is 5.63. The van der Waals surface area contributed by atoms with Crippen LogP contribution in [0.4, 0.5) is 17.5 Å². The van der Waals surface area contributed by atoms with Gasteiger partial charge < -0.3 is 15.4 Å². The highest BCUT2D eigenvalue weighted by Gasteiger charge is 2.16. The van der Waals surface area contributed by atoms with Crippen LogP contribution in [0.2, 0.25) is 0 Å². The zero-order chi connectivity index (χ0) is 16.2. The van der Waals surface area contributed by atoms with E-state index in [-0.39, 0.29) is 6.10 Å². The van der Waals surface area contributed by atoms with Crippen molar-refractivity contribution in [2.45, 2.75) is 18.9 Å². The smallest absolute Gasteiger partial charge is 0.226 e. The Labute approximate surface area is 139 Å². The molecule has 1 aliphatic rings. The summed E-state index contributed by atoms with van der Waals surface area (Å²) in [5.41, 5.74) is 2.14. The molecule has 7 heteroatoms. The van der Waals surface area contributed by atoms with Crippen LogP contribution in [0.25, 0.3) is 11.2 Å². The van der Waals surface area contributed by atoms with Gasteiger partial charge in [0.25, 0.3) is 0 Å². The molecule has 0 spiro atoms. The van der Waals surface area contributed by atoms with Crippen LogP contribution in [0.1, 0.15) is 12.8 Å². The molecule has 7 nitrogen and oxygen atoms in total. The van der Waals surface area contributed by atoms with Gasteiger partial charge in [-0.15, -0.1) is 0 Å². The Hall–Kier alpha value is -2.80. The number of hydrogen-bond acceptors (Lipinski definition) is 7. The van der Waals surface area contributed by atoms with Crippen molar-refractivity contribution in [3.05, 3.63) is 42.7 Å². The molecule has 1 atom stereocenters. The molecule has 0 aliphatic carbocycles. The number of hydrogen-bond donors (Lipinski definition) is 2. The van der Waals surface area contributed by atoms with Crippen molar-refractivity contribution in [3.8, 4) is 0 Å². The van der Waals surface area contributed by atoms with E-state index in [0.29, 0.717) is 29.5 Å². The van der Waals surface area contributed by atoms with Gasteiger partial charge in [0.05, 0.1) is 6.10 Å². The molecule has 0 saturated carbocycles. The number of benzene rings is 1. The Bertz CT molecular complexity index is 820. The van der Waals surface area contributed by atoms with Gasteiger partial charge in [0, 0.05) is 31.2 Å². The van der Waals surface area contributed by atoms with Crippen molar-refractivity contribution in [1.29, 1.82) is 0 Å². The average Bonchev–Trinajstić information content (AvgIpc) is 3.14. The molecule has 3 aromatic rings. The third-order valence-corrected chi connectivity index (χ3v) is 3.88. The monoisotopic (exact) mass is 322 g/mol. The van der Waals surface area contributed by atoms with E-state index in [9.17, 15) is 0 Å². The molecule has 24 heavy (non-hydrogen) atoms. The Kier molecular flexibility index (Phi) is 4.16. The summed E-state index contributed by atoms with van der Waals surface area (Å²) in [6, 6.07) is 9.85. The number of ether oxygens (including phenoxy) is 1. The summed E-state index contributed by atoms with van der Waals surface area (Å²) in [4.78, 5) is 17.7. The Morgan fingerprint density at radius 1 is 1.08 bits per heavy atom. The fourth-order valence-corrected chi connectivity index (χ4v) is 2.70. The second-order valence-electron chi connectivity index (χ2n) is 5.63. The predicted octanol–water partition coefficient (Wildman–Crippen LogP) is 2.75. The minimum atomic E-state index is 0.219. The van der Waals surface area contributed by atoms with Crippen molar-refractivity contribution in [2.75, 3.05) is 23.8 Å². The van der Waals surface area contributed by atoms with Crippen molar-refractivity contribution < 1.29 is 4.74 Å². The summed E-state index contributed by atoms with van der Waals surface area (Å²) in [6.45, 7) is 1.52. The first kappa shape index (κ1) is 14.8. The maximum atomic E-state index is 5.63. The summed E-state index contributed by atoms with van der Waals surface area (Å²) >= 11 is 0. The molecule has 122 valence electrons. The maximum absolute atomic E-state index is 5.63. The van der Waals surface area contributed by atoms with E-state index in [1.54, 1.807) is 12.4 Å². The Morgan fingerprint density at radius 2 is 1.96 bits per heavy atom. The van der Waals surface area contributed by atoms with Gasteiger partial charge in [0.1, 0.15) is 0 Å². The van der Waals surface area contributed by atoms with Crippen molar-refractivity contribution in [2.24, 2.45) is 0 Å². The van der Waals surface area contributed by atoms with E-state index < -0.39 is 0 Å². The van der Waals surface area contributed by atoms with Crippen LogP contribution in [0.5, 0.6) is 0 Å². The lowest BCUT2D eigenvalue weighted by molar-refractivity contribution is 0.120. The first-order chi connectivity index (χ1) is 11.9. The van der Waals surface area contributed by atoms with Gasteiger partial charge in [-0.1, -0.05) is 18.2 Å². The minimum absolute atomic E-state index is 0.219. The van der Waals surface area contributed by atoms with Crippen molar-refractivity contribution in [1.82, 2.24) is 19.9 Å². The molecule has 3 heterocycles. The number of rotatable bonds is 5. The fourth-order valence-electron chi connectivity index (χ4n) is 2.70. The number of aromatic nitrogens is 4. The van der Waals surface area contributed by atoms with Gasteiger partial charge in [0.2, 0.25) is 5.95 Å². The largest absolute Gasteiger partial charge is 0.376 e. The number of nitrogens with one attached hydrogen (secondary N) is 2. The average molecular weight is 322 g/mol. The SMILES string of the molecule is c1ccc(Nc2nc(NCC3CCCO3)nc3nccnc23)cc1. The van der Waals surface area contributed by atoms with Gasteiger partial charge in [-0.05, 0) is 25.0 Å². The van der Waals surface area contributed by atoms with Crippen LogP contribution in [0.15, 0.2) is 42.7 Å². The number of para-hydroxylation sites is 1. The Balaban J connectivity index is 1.62. The fraction of sp³-hybridized carbons (Fsp3) is 0.294. The van der Waals surface area contributed by atoms with Crippen LogP contribution >= 0.6 is 0 Å². The van der Waals surface area contributed by atoms with Gasteiger partial charge in [-0.3, -0.25) is 0 Å². The third kappa shape index (κ3) is 3.26. The molecule has 4 rings (SSSR count). The third-order valence-electron chi connectivity index (χ3n) is 3.88. The number of nitrogens with zero attached hydrogens (tertiary/aromatic N) is 4. The summed E-state index contributed by atoms with van der Waals surface area (Å²) in [5, 5.41) is 6.54. The summed E-state index contributed by atoms with van der Waals surface area (Å²) in [7, 11) is 0. The normalized spacial score (nSPS) is 17.1. The molecule has 1 saturated heterocycles. The van der Waals surface area contributed by atoms with E-state index in [4.69, 9.17) is 4.74 Å². The van der Waals surface area contributed by atoms with Crippen LogP contribution in [0.3, 0.4) is 0 Å². The molecule has 1 aliphatic heterocycles. The molecule has 0 radical (unpaired) electrons. The molecule has 1 fully saturated rings. The molecule has 2 aromatic heterocycles. The van der Waals surface area contributed by atoms with Crippen LogP contribution in [0, 0.1) is 0 Å². The van der Waals surface area contributed by atoms with Gasteiger partial charge >= 0.3 is 0 Å². The topological polar surface area (TPSA) is 84.9 Å². The predicted molar refractivity (Wildman–Crippen MR) is 92.3 cm³/mol. The summed E-state index contributed by atoms with van der Waals surface area (Å²) in [5.74, 6) is 1.16. The second kappa shape index (κ2) is 6.76. The highest BCUT2D eigenvalue weighted by Crippen LogP contribution is 2.22. The highest BCUT2D eigenvalue weighted by molar-refractivity contribution is 5.85. The van der Waals surface area contributed by atoms with Gasteiger partial charge in [0.15, 0.2) is 17.0 Å². The standard InChI is InChI=1S/C17H18N6O/c1-2-5-12(6-3-1)21-16-14-15(19-9-8-18-14)22-17(23-16)20-11-13-7-4-10-24-13/h1-3,5-6,8-9,13H,4,7,10-11H2,(H2,19,20,21,22,23). The molecule has 0 bridgehead atoms. The molecule has 2 N–H and O–H groups in total. The van der Waals surface area contributed by atoms with E-state index >= 15 is 0 Å². The van der Waals surface area contributed by atoms with Crippen molar-refractivity contribution in [3.63, 3.8) is 0 Å². The number of anilines is 3.